The second-order valence-electron chi connectivity index (χ2n) is 5.99. The van der Waals surface area contributed by atoms with Crippen LogP contribution in [0.2, 0.25) is 0 Å². The van der Waals surface area contributed by atoms with Crippen molar-refractivity contribution in [2.75, 3.05) is 6.54 Å². The highest BCUT2D eigenvalue weighted by molar-refractivity contribution is 4.91. The molecular weight excluding hydrogens is 158 g/mol. The Kier molecular flexibility index (Phi) is 2.39. The van der Waals surface area contributed by atoms with Crippen LogP contribution < -0.4 is 5.32 Å². The standard InChI is InChI=1S/C12H23N/c1-12(2,3)11(9-4-5-9)8-13-10-6-7-10/h9-11,13H,4-8H2,1-3H3. The fraction of sp³-hybridized carbons (Fsp3) is 1.00. The maximum absolute atomic E-state index is 3.68. The molecule has 0 radical (unpaired) electrons. The summed E-state index contributed by atoms with van der Waals surface area (Å²) in [6, 6.07) is 0.878. The van der Waals surface area contributed by atoms with E-state index in [1.807, 2.05) is 0 Å². The number of hydrogen-bond acceptors (Lipinski definition) is 1. The minimum absolute atomic E-state index is 0.503. The van der Waals surface area contributed by atoms with E-state index in [1.54, 1.807) is 0 Å². The van der Waals surface area contributed by atoms with E-state index in [9.17, 15) is 0 Å². The van der Waals surface area contributed by atoms with Gasteiger partial charge in [0.1, 0.15) is 0 Å². The Hall–Kier alpha value is -0.0400. The predicted octanol–water partition coefficient (Wildman–Crippen LogP) is 2.81. The van der Waals surface area contributed by atoms with Crippen molar-refractivity contribution in [3.8, 4) is 0 Å². The Morgan fingerprint density at radius 3 is 2.15 bits per heavy atom. The summed E-state index contributed by atoms with van der Waals surface area (Å²) in [4.78, 5) is 0. The summed E-state index contributed by atoms with van der Waals surface area (Å²) in [6.07, 6.45) is 5.80. The highest BCUT2D eigenvalue weighted by Crippen LogP contribution is 2.45. The van der Waals surface area contributed by atoms with Crippen molar-refractivity contribution in [2.24, 2.45) is 17.3 Å². The van der Waals surface area contributed by atoms with E-state index < -0.39 is 0 Å². The van der Waals surface area contributed by atoms with E-state index in [-0.39, 0.29) is 0 Å². The Labute approximate surface area is 82.3 Å². The van der Waals surface area contributed by atoms with Gasteiger partial charge < -0.3 is 5.32 Å². The van der Waals surface area contributed by atoms with Crippen molar-refractivity contribution in [3.63, 3.8) is 0 Å². The van der Waals surface area contributed by atoms with Gasteiger partial charge >= 0.3 is 0 Å². The maximum atomic E-state index is 3.68. The zero-order valence-electron chi connectivity index (χ0n) is 9.27. The van der Waals surface area contributed by atoms with Crippen LogP contribution in [0.25, 0.3) is 0 Å². The van der Waals surface area contributed by atoms with E-state index in [1.165, 1.54) is 32.2 Å². The Morgan fingerprint density at radius 1 is 1.15 bits per heavy atom. The van der Waals surface area contributed by atoms with Gasteiger partial charge in [-0.3, -0.25) is 0 Å². The van der Waals surface area contributed by atoms with Crippen LogP contribution in [0.5, 0.6) is 0 Å². The van der Waals surface area contributed by atoms with Gasteiger partial charge in [-0.1, -0.05) is 20.8 Å². The zero-order chi connectivity index (χ0) is 9.47. The molecule has 2 rings (SSSR count). The number of hydrogen-bond donors (Lipinski definition) is 1. The molecule has 0 aromatic carbocycles. The second-order valence-corrected chi connectivity index (χ2v) is 5.99. The van der Waals surface area contributed by atoms with Gasteiger partial charge in [-0.15, -0.1) is 0 Å². The molecule has 0 aromatic rings. The smallest absolute Gasteiger partial charge is 0.00683 e. The molecule has 0 bridgehead atoms. The van der Waals surface area contributed by atoms with Crippen LogP contribution >= 0.6 is 0 Å². The van der Waals surface area contributed by atoms with Gasteiger partial charge in [-0.25, -0.2) is 0 Å². The maximum Gasteiger partial charge on any atom is 0.00683 e. The lowest BCUT2D eigenvalue weighted by Gasteiger charge is -2.31. The van der Waals surface area contributed by atoms with E-state index in [0.717, 1.165) is 17.9 Å². The van der Waals surface area contributed by atoms with Crippen molar-refractivity contribution in [1.82, 2.24) is 5.32 Å². The summed E-state index contributed by atoms with van der Waals surface area (Å²) < 4.78 is 0. The molecule has 2 fully saturated rings. The zero-order valence-corrected chi connectivity index (χ0v) is 9.27. The molecule has 2 saturated carbocycles. The molecule has 2 aliphatic carbocycles. The van der Waals surface area contributed by atoms with Crippen molar-refractivity contribution in [2.45, 2.75) is 52.5 Å². The molecule has 0 spiro atoms. The number of nitrogens with one attached hydrogen (secondary N) is 1. The summed E-state index contributed by atoms with van der Waals surface area (Å²) in [5, 5.41) is 3.68. The van der Waals surface area contributed by atoms with Gasteiger partial charge in [-0.05, 0) is 49.5 Å². The van der Waals surface area contributed by atoms with Gasteiger partial charge in [0.2, 0.25) is 0 Å². The van der Waals surface area contributed by atoms with Crippen molar-refractivity contribution < 1.29 is 0 Å². The SMILES string of the molecule is CC(C)(C)C(CNC1CC1)C1CC1. The minimum Gasteiger partial charge on any atom is -0.314 e. The molecule has 0 heterocycles. The van der Waals surface area contributed by atoms with Crippen LogP contribution in [0.3, 0.4) is 0 Å². The minimum atomic E-state index is 0.503. The fourth-order valence-corrected chi connectivity index (χ4v) is 2.26. The molecule has 0 saturated heterocycles. The first kappa shape index (κ1) is 9.51. The first-order valence-corrected chi connectivity index (χ1v) is 5.81. The quantitative estimate of drug-likeness (QED) is 0.703. The molecule has 1 N–H and O–H groups in total. The Balaban J connectivity index is 1.81. The summed E-state index contributed by atoms with van der Waals surface area (Å²) >= 11 is 0. The van der Waals surface area contributed by atoms with Gasteiger partial charge in [0.15, 0.2) is 0 Å². The summed E-state index contributed by atoms with van der Waals surface area (Å²) in [5.41, 5.74) is 0.503. The molecule has 0 amide bonds. The van der Waals surface area contributed by atoms with Crippen molar-refractivity contribution in [1.29, 1.82) is 0 Å². The topological polar surface area (TPSA) is 12.0 Å². The first-order chi connectivity index (χ1) is 6.07. The molecule has 1 heteroatoms. The van der Waals surface area contributed by atoms with Crippen LogP contribution in [0.1, 0.15) is 46.5 Å². The third kappa shape index (κ3) is 2.70. The molecule has 13 heavy (non-hydrogen) atoms. The van der Waals surface area contributed by atoms with Crippen molar-refractivity contribution in [3.05, 3.63) is 0 Å². The average molecular weight is 181 g/mol. The molecule has 1 atom stereocenters. The predicted molar refractivity (Wildman–Crippen MR) is 56.7 cm³/mol. The van der Waals surface area contributed by atoms with Crippen LogP contribution in [-0.2, 0) is 0 Å². The molecule has 0 aromatic heterocycles. The highest BCUT2D eigenvalue weighted by atomic mass is 15.0. The second kappa shape index (κ2) is 3.27. The Morgan fingerprint density at radius 2 is 1.77 bits per heavy atom. The monoisotopic (exact) mass is 181 g/mol. The largest absolute Gasteiger partial charge is 0.314 e. The van der Waals surface area contributed by atoms with Gasteiger partial charge in [-0.2, -0.15) is 0 Å². The summed E-state index contributed by atoms with van der Waals surface area (Å²) in [6.45, 7) is 8.44. The fourth-order valence-electron chi connectivity index (χ4n) is 2.26. The molecule has 76 valence electrons. The average Bonchev–Trinajstić information content (AvgIpc) is 2.79. The molecule has 0 aliphatic heterocycles. The Bertz CT molecular complexity index is 172. The first-order valence-electron chi connectivity index (χ1n) is 5.81. The van der Waals surface area contributed by atoms with E-state index in [4.69, 9.17) is 0 Å². The van der Waals surface area contributed by atoms with Crippen LogP contribution in [-0.4, -0.2) is 12.6 Å². The third-order valence-electron chi connectivity index (χ3n) is 3.51. The van der Waals surface area contributed by atoms with E-state index in [0.29, 0.717) is 5.41 Å². The van der Waals surface area contributed by atoms with Crippen molar-refractivity contribution >= 4 is 0 Å². The molecule has 1 unspecified atom stereocenters. The van der Waals surface area contributed by atoms with E-state index in [2.05, 4.69) is 26.1 Å². The van der Waals surface area contributed by atoms with Gasteiger partial charge in [0.25, 0.3) is 0 Å². The molecular formula is C12H23N. The lowest BCUT2D eigenvalue weighted by atomic mass is 9.77. The number of rotatable bonds is 4. The lowest BCUT2D eigenvalue weighted by Crippen LogP contribution is -2.34. The third-order valence-corrected chi connectivity index (χ3v) is 3.51. The summed E-state index contributed by atoms with van der Waals surface area (Å²) in [7, 11) is 0. The van der Waals surface area contributed by atoms with Crippen LogP contribution in [0.4, 0.5) is 0 Å². The molecule has 1 nitrogen and oxygen atoms in total. The van der Waals surface area contributed by atoms with Gasteiger partial charge in [0.05, 0.1) is 0 Å². The van der Waals surface area contributed by atoms with E-state index >= 15 is 0 Å². The van der Waals surface area contributed by atoms with Crippen LogP contribution in [0.15, 0.2) is 0 Å². The highest BCUT2D eigenvalue weighted by Gasteiger charge is 2.38. The lowest BCUT2D eigenvalue weighted by molar-refractivity contribution is 0.203. The normalized spacial score (nSPS) is 26.1. The van der Waals surface area contributed by atoms with Crippen LogP contribution in [0, 0.1) is 17.3 Å². The summed E-state index contributed by atoms with van der Waals surface area (Å²) in [5.74, 6) is 1.94. The molecule has 2 aliphatic rings. The van der Waals surface area contributed by atoms with Gasteiger partial charge in [0, 0.05) is 6.04 Å².